The van der Waals surface area contributed by atoms with E-state index in [1.165, 1.54) is 23.4 Å². The van der Waals surface area contributed by atoms with Gasteiger partial charge in [-0.25, -0.2) is 14.4 Å². The Morgan fingerprint density at radius 1 is 1.03 bits per heavy atom. The summed E-state index contributed by atoms with van der Waals surface area (Å²) in [5, 5.41) is 2.67. The number of hydrogen-bond donors (Lipinski definition) is 3. The van der Waals surface area contributed by atoms with E-state index in [1.54, 1.807) is 79.0 Å². The highest BCUT2D eigenvalue weighted by molar-refractivity contribution is 6.20. The highest BCUT2D eigenvalue weighted by Gasteiger charge is 2.33. The topological polar surface area (TPSA) is 116 Å². The van der Waals surface area contributed by atoms with Crippen LogP contribution in [0.3, 0.4) is 0 Å². The molecule has 1 aliphatic rings. The van der Waals surface area contributed by atoms with Crippen molar-refractivity contribution in [1.82, 2.24) is 15.3 Å². The molecule has 0 unspecified atom stereocenters. The maximum Gasteiger partial charge on any atom is 0.272 e. The standard InChI is InChI=1S/C28H23FN6O2.2ClH/c29-22-10-4-2-8-20(22)26-21-9-3-6-12-24(21)35(16-19-15-31-17-32-19)28(37)27(34-26)33-25(36)14-13-18-7-1-5-11-23(18)30;;/h1-15,17,27H,16,30H2,(H,31,32)(H,33,36);2*1H/t27-;;/m0../s1. The molecule has 2 heterocycles. The molecule has 2 amide bonds. The molecule has 0 fully saturated rings. The average Bonchev–Trinajstić information content (AvgIpc) is 3.39. The van der Waals surface area contributed by atoms with Crippen LogP contribution in [-0.4, -0.2) is 33.7 Å². The van der Waals surface area contributed by atoms with E-state index in [4.69, 9.17) is 5.73 Å². The number of carbonyl (C=O) groups excluding carboxylic acids is 2. The zero-order chi connectivity index (χ0) is 25.8. The Balaban J connectivity index is 0.00000210. The van der Waals surface area contributed by atoms with Crippen molar-refractivity contribution in [2.45, 2.75) is 12.7 Å². The Morgan fingerprint density at radius 2 is 1.72 bits per heavy atom. The number of aromatic nitrogens is 2. The maximum atomic E-state index is 14.9. The van der Waals surface area contributed by atoms with E-state index in [9.17, 15) is 14.0 Å². The molecule has 39 heavy (non-hydrogen) atoms. The summed E-state index contributed by atoms with van der Waals surface area (Å²) in [7, 11) is 0. The van der Waals surface area contributed by atoms with E-state index in [-0.39, 0.29) is 42.6 Å². The van der Waals surface area contributed by atoms with Gasteiger partial charge in [0.2, 0.25) is 12.1 Å². The second-order valence-electron chi connectivity index (χ2n) is 8.33. The first-order valence-electron chi connectivity index (χ1n) is 11.6. The van der Waals surface area contributed by atoms with Gasteiger partial charge in [-0.05, 0) is 35.9 Å². The Morgan fingerprint density at radius 3 is 2.44 bits per heavy atom. The van der Waals surface area contributed by atoms with Crippen molar-refractivity contribution in [3.8, 4) is 0 Å². The van der Waals surface area contributed by atoms with Crippen molar-refractivity contribution in [2.24, 2.45) is 4.99 Å². The number of nitrogens with two attached hydrogens (primary N) is 1. The molecular weight excluding hydrogens is 542 g/mol. The third kappa shape index (κ3) is 6.34. The van der Waals surface area contributed by atoms with Gasteiger partial charge >= 0.3 is 0 Å². The van der Waals surface area contributed by atoms with Crippen molar-refractivity contribution in [1.29, 1.82) is 0 Å². The summed E-state index contributed by atoms with van der Waals surface area (Å²) in [6, 6.07) is 20.4. The average molecular weight is 567 g/mol. The molecule has 8 nitrogen and oxygen atoms in total. The van der Waals surface area contributed by atoms with E-state index in [0.717, 1.165) is 0 Å². The number of benzodiazepines with no additional fused rings is 1. The van der Waals surface area contributed by atoms with Crippen LogP contribution in [0, 0.1) is 5.82 Å². The van der Waals surface area contributed by atoms with Crippen LogP contribution in [-0.2, 0) is 16.1 Å². The lowest BCUT2D eigenvalue weighted by Gasteiger charge is -2.24. The number of nitrogens with zero attached hydrogens (tertiary/aromatic N) is 3. The van der Waals surface area contributed by atoms with Crippen LogP contribution in [0.25, 0.3) is 6.08 Å². The smallest absolute Gasteiger partial charge is 0.272 e. The number of amides is 2. The summed E-state index contributed by atoms with van der Waals surface area (Å²) in [4.78, 5) is 39.9. The van der Waals surface area contributed by atoms with Gasteiger partial charge < -0.3 is 20.9 Å². The van der Waals surface area contributed by atoms with Gasteiger partial charge in [0.15, 0.2) is 0 Å². The van der Waals surface area contributed by atoms with Crippen LogP contribution in [0.2, 0.25) is 0 Å². The molecule has 4 aromatic rings. The van der Waals surface area contributed by atoms with E-state index < -0.39 is 23.8 Å². The zero-order valence-corrected chi connectivity index (χ0v) is 22.1. The fourth-order valence-corrected chi connectivity index (χ4v) is 4.10. The highest BCUT2D eigenvalue weighted by atomic mass is 35.5. The Bertz CT molecular complexity index is 1520. The van der Waals surface area contributed by atoms with Gasteiger partial charge in [-0.1, -0.05) is 48.5 Å². The molecule has 200 valence electrons. The molecule has 0 spiro atoms. The first-order chi connectivity index (χ1) is 18.0. The van der Waals surface area contributed by atoms with Crippen LogP contribution in [0.5, 0.6) is 0 Å². The summed E-state index contributed by atoms with van der Waals surface area (Å²) in [5.74, 6) is -1.53. The minimum atomic E-state index is -1.31. The maximum absolute atomic E-state index is 14.9. The molecule has 0 saturated carbocycles. The third-order valence-electron chi connectivity index (χ3n) is 5.90. The summed E-state index contributed by atoms with van der Waals surface area (Å²) in [6.07, 6.45) is 4.73. The quantitative estimate of drug-likeness (QED) is 0.235. The van der Waals surface area contributed by atoms with Crippen molar-refractivity contribution in [3.05, 3.63) is 120 Å². The van der Waals surface area contributed by atoms with E-state index in [1.807, 2.05) is 0 Å². The predicted octanol–water partition coefficient (Wildman–Crippen LogP) is 4.51. The van der Waals surface area contributed by atoms with Crippen LogP contribution in [0.1, 0.15) is 22.4 Å². The lowest BCUT2D eigenvalue weighted by atomic mass is 9.99. The molecule has 1 aromatic heterocycles. The SMILES string of the molecule is Cl.Cl.Nc1ccccc1C=CC(=O)N[C@H]1N=C(c2ccccc2F)c2ccccc2N(Cc2c[nH]cn2)C1=O. The minimum absolute atomic E-state index is 0. The van der Waals surface area contributed by atoms with Gasteiger partial charge in [-0.2, -0.15) is 0 Å². The van der Waals surface area contributed by atoms with Crippen LogP contribution >= 0.6 is 24.8 Å². The molecule has 0 aliphatic carbocycles. The van der Waals surface area contributed by atoms with Crippen molar-refractivity contribution in [3.63, 3.8) is 0 Å². The van der Waals surface area contributed by atoms with E-state index in [2.05, 4.69) is 20.3 Å². The summed E-state index contributed by atoms with van der Waals surface area (Å²) in [6.45, 7) is 0.127. The number of anilines is 2. The molecule has 0 bridgehead atoms. The molecule has 3 aromatic carbocycles. The minimum Gasteiger partial charge on any atom is -0.398 e. The Kier molecular flexibility index (Phi) is 9.59. The predicted molar refractivity (Wildman–Crippen MR) is 155 cm³/mol. The second kappa shape index (κ2) is 12.9. The van der Waals surface area contributed by atoms with Gasteiger partial charge in [0, 0.05) is 29.1 Å². The zero-order valence-electron chi connectivity index (χ0n) is 20.5. The number of fused-ring (bicyclic) bond motifs is 1. The summed E-state index contributed by atoms with van der Waals surface area (Å²) < 4.78 is 14.9. The lowest BCUT2D eigenvalue weighted by Crippen LogP contribution is -2.46. The Hall–Kier alpha value is -4.47. The number of aliphatic imine (C=N–C) groups is 1. The van der Waals surface area contributed by atoms with Gasteiger partial charge in [0.05, 0.1) is 30.0 Å². The van der Waals surface area contributed by atoms with Crippen molar-refractivity contribution >= 4 is 59.8 Å². The third-order valence-corrected chi connectivity index (χ3v) is 5.90. The van der Waals surface area contributed by atoms with E-state index >= 15 is 0 Å². The molecule has 4 N–H and O–H groups in total. The number of aromatic amines is 1. The molecule has 0 radical (unpaired) electrons. The van der Waals surface area contributed by atoms with Gasteiger partial charge in [0.25, 0.3) is 5.91 Å². The van der Waals surface area contributed by atoms with E-state index in [0.29, 0.717) is 28.2 Å². The number of benzene rings is 3. The molecule has 5 rings (SSSR count). The van der Waals surface area contributed by atoms with Crippen LogP contribution in [0.15, 0.2) is 96.4 Å². The number of halogens is 3. The molecule has 1 aliphatic heterocycles. The van der Waals surface area contributed by atoms with Crippen LogP contribution < -0.4 is 16.0 Å². The first kappa shape index (κ1) is 29.1. The normalized spacial score (nSPS) is 14.5. The monoisotopic (exact) mass is 566 g/mol. The van der Waals surface area contributed by atoms with Crippen molar-refractivity contribution in [2.75, 3.05) is 10.6 Å². The highest BCUT2D eigenvalue weighted by Crippen LogP contribution is 2.30. The van der Waals surface area contributed by atoms with Crippen LogP contribution in [0.4, 0.5) is 15.8 Å². The van der Waals surface area contributed by atoms with Gasteiger partial charge in [0.1, 0.15) is 5.82 Å². The summed E-state index contributed by atoms with van der Waals surface area (Å²) >= 11 is 0. The number of carbonyl (C=O) groups is 2. The number of nitrogen functional groups attached to an aromatic ring is 1. The summed E-state index contributed by atoms with van der Waals surface area (Å²) in [5.41, 5.74) is 9.30. The first-order valence-corrected chi connectivity index (χ1v) is 11.6. The largest absolute Gasteiger partial charge is 0.398 e. The number of nitrogens with one attached hydrogen (secondary N) is 2. The fourth-order valence-electron chi connectivity index (χ4n) is 4.10. The second-order valence-corrected chi connectivity index (χ2v) is 8.33. The number of imidazole rings is 1. The Labute approximate surface area is 236 Å². The molecule has 11 heteroatoms. The molecular formula is C28H25Cl2FN6O2. The van der Waals surface area contributed by atoms with Crippen molar-refractivity contribution < 1.29 is 14.0 Å². The van der Waals surface area contributed by atoms with Gasteiger partial charge in [-0.15, -0.1) is 24.8 Å². The molecule has 1 atom stereocenters. The fraction of sp³-hybridized carbons (Fsp3) is 0.0714. The number of hydrogen-bond acceptors (Lipinski definition) is 5. The number of H-pyrrole nitrogens is 1. The lowest BCUT2D eigenvalue weighted by molar-refractivity contribution is -0.125. The number of rotatable bonds is 6. The number of para-hydroxylation sites is 2. The molecule has 0 saturated heterocycles. The van der Waals surface area contributed by atoms with Gasteiger partial charge in [-0.3, -0.25) is 9.59 Å².